The van der Waals surface area contributed by atoms with Gasteiger partial charge >= 0.3 is 5.97 Å². The van der Waals surface area contributed by atoms with Crippen molar-refractivity contribution in [1.82, 2.24) is 0 Å². The molecule has 17 heavy (non-hydrogen) atoms. The van der Waals surface area contributed by atoms with Gasteiger partial charge in [0.05, 0.1) is 12.0 Å². The molecule has 0 saturated heterocycles. The van der Waals surface area contributed by atoms with E-state index in [0.717, 1.165) is 12.0 Å². The third kappa shape index (κ3) is 2.25. The van der Waals surface area contributed by atoms with Crippen LogP contribution >= 0.6 is 0 Å². The number of rotatable bonds is 3. The average Bonchev–Trinajstić information content (AvgIpc) is 2.64. The van der Waals surface area contributed by atoms with Crippen LogP contribution in [0.1, 0.15) is 25.0 Å². The van der Waals surface area contributed by atoms with Crippen LogP contribution in [0, 0.1) is 11.2 Å². The minimum atomic E-state index is -0.964. The first-order valence-corrected chi connectivity index (χ1v) is 5.57. The molecule has 0 atom stereocenters. The van der Waals surface area contributed by atoms with Crippen LogP contribution in [0.5, 0.6) is 5.75 Å². The zero-order chi connectivity index (χ0) is 12.6. The Morgan fingerprint density at radius 1 is 1.53 bits per heavy atom. The van der Waals surface area contributed by atoms with Crippen molar-refractivity contribution in [3.8, 4) is 5.75 Å². The maximum atomic E-state index is 13.8. The lowest BCUT2D eigenvalue weighted by atomic mass is 9.85. The summed E-state index contributed by atoms with van der Waals surface area (Å²) in [6, 6.07) is 3.08. The van der Waals surface area contributed by atoms with Gasteiger partial charge in [-0.2, -0.15) is 0 Å². The summed E-state index contributed by atoms with van der Waals surface area (Å²) in [5.41, 5.74) is 0.443. The molecule has 0 fully saturated rings. The number of hydrogen-bond acceptors (Lipinski definition) is 2. The standard InChI is InChI=1S/C13H15FO3/c1-13(2,12(15)16)7-9-5-8-3-4-17-11(8)6-10(9)14/h5-6H,3-4,7H2,1-2H3,(H,15,16). The number of fused-ring (bicyclic) bond motifs is 1. The van der Waals surface area contributed by atoms with Gasteiger partial charge in [0.25, 0.3) is 0 Å². The molecule has 2 rings (SSSR count). The number of carbonyl (C=O) groups is 1. The predicted octanol–water partition coefficient (Wildman–Crippen LogP) is 2.41. The SMILES string of the molecule is CC(C)(Cc1cc2c(cc1F)OCC2)C(=O)O. The van der Waals surface area contributed by atoms with Crippen molar-refractivity contribution in [2.75, 3.05) is 6.61 Å². The summed E-state index contributed by atoms with van der Waals surface area (Å²) < 4.78 is 19.0. The second kappa shape index (κ2) is 4.02. The summed E-state index contributed by atoms with van der Waals surface area (Å²) in [4.78, 5) is 11.0. The lowest BCUT2D eigenvalue weighted by molar-refractivity contribution is -0.146. The first-order chi connectivity index (χ1) is 7.90. The van der Waals surface area contributed by atoms with Crippen molar-refractivity contribution in [3.05, 3.63) is 29.1 Å². The van der Waals surface area contributed by atoms with Crippen LogP contribution in [-0.4, -0.2) is 17.7 Å². The van der Waals surface area contributed by atoms with Gasteiger partial charge in [0.1, 0.15) is 11.6 Å². The van der Waals surface area contributed by atoms with E-state index in [4.69, 9.17) is 9.84 Å². The number of carboxylic acid groups (broad SMARTS) is 1. The molecule has 0 spiro atoms. The van der Waals surface area contributed by atoms with Crippen LogP contribution in [-0.2, 0) is 17.6 Å². The summed E-state index contributed by atoms with van der Waals surface area (Å²) >= 11 is 0. The van der Waals surface area contributed by atoms with Crippen molar-refractivity contribution in [3.63, 3.8) is 0 Å². The molecule has 0 radical (unpaired) electrons. The Morgan fingerprint density at radius 2 is 2.24 bits per heavy atom. The zero-order valence-electron chi connectivity index (χ0n) is 9.92. The predicted molar refractivity (Wildman–Crippen MR) is 60.7 cm³/mol. The van der Waals surface area contributed by atoms with Crippen molar-refractivity contribution in [2.45, 2.75) is 26.7 Å². The summed E-state index contributed by atoms with van der Waals surface area (Å²) in [5, 5.41) is 9.04. The van der Waals surface area contributed by atoms with E-state index in [9.17, 15) is 9.18 Å². The fraction of sp³-hybridized carbons (Fsp3) is 0.462. The van der Waals surface area contributed by atoms with E-state index in [2.05, 4.69) is 0 Å². The summed E-state index contributed by atoms with van der Waals surface area (Å²) in [6.45, 7) is 3.76. The molecule has 0 saturated carbocycles. The number of benzene rings is 1. The van der Waals surface area contributed by atoms with Gasteiger partial charge in [-0.25, -0.2) is 4.39 Å². The highest BCUT2D eigenvalue weighted by Crippen LogP contribution is 2.31. The normalized spacial score (nSPS) is 14.3. The van der Waals surface area contributed by atoms with E-state index in [0.29, 0.717) is 17.9 Å². The van der Waals surface area contributed by atoms with E-state index in [1.165, 1.54) is 6.07 Å². The van der Waals surface area contributed by atoms with Crippen LogP contribution in [0.4, 0.5) is 4.39 Å². The van der Waals surface area contributed by atoms with Gasteiger partial charge in [-0.1, -0.05) is 0 Å². The molecular formula is C13H15FO3. The van der Waals surface area contributed by atoms with Gasteiger partial charge in [-0.05, 0) is 37.5 Å². The maximum absolute atomic E-state index is 13.8. The first kappa shape index (κ1) is 11.9. The number of halogens is 1. The molecular weight excluding hydrogens is 223 g/mol. The van der Waals surface area contributed by atoms with Gasteiger partial charge in [0.2, 0.25) is 0 Å². The molecule has 0 aromatic heterocycles. The Labute approximate surface area is 99.2 Å². The molecule has 0 bridgehead atoms. The van der Waals surface area contributed by atoms with Crippen LogP contribution in [0.15, 0.2) is 12.1 Å². The highest BCUT2D eigenvalue weighted by Gasteiger charge is 2.29. The van der Waals surface area contributed by atoms with Crippen LogP contribution in [0.2, 0.25) is 0 Å². The second-order valence-corrected chi connectivity index (χ2v) is 5.02. The third-order valence-electron chi connectivity index (χ3n) is 3.07. The molecule has 0 unspecified atom stereocenters. The number of carboxylic acids is 1. The van der Waals surface area contributed by atoms with E-state index >= 15 is 0 Å². The Bertz CT molecular complexity index is 466. The fourth-order valence-corrected chi connectivity index (χ4v) is 1.94. The van der Waals surface area contributed by atoms with Gasteiger partial charge in [0, 0.05) is 12.5 Å². The Hall–Kier alpha value is -1.58. The molecule has 1 aliphatic heterocycles. The molecule has 3 nitrogen and oxygen atoms in total. The third-order valence-corrected chi connectivity index (χ3v) is 3.07. The van der Waals surface area contributed by atoms with E-state index in [1.807, 2.05) is 0 Å². The number of aliphatic carboxylic acids is 1. The van der Waals surface area contributed by atoms with Crippen LogP contribution < -0.4 is 4.74 Å². The number of ether oxygens (including phenoxy) is 1. The Kier molecular flexibility index (Phi) is 2.81. The van der Waals surface area contributed by atoms with Crippen molar-refractivity contribution in [2.24, 2.45) is 5.41 Å². The molecule has 92 valence electrons. The van der Waals surface area contributed by atoms with Gasteiger partial charge in [-0.15, -0.1) is 0 Å². The number of hydrogen-bond donors (Lipinski definition) is 1. The lowest BCUT2D eigenvalue weighted by Gasteiger charge is -2.19. The lowest BCUT2D eigenvalue weighted by Crippen LogP contribution is -2.26. The fourth-order valence-electron chi connectivity index (χ4n) is 1.94. The van der Waals surface area contributed by atoms with Gasteiger partial charge in [-0.3, -0.25) is 4.79 Å². The van der Waals surface area contributed by atoms with Crippen molar-refractivity contribution >= 4 is 5.97 Å². The largest absolute Gasteiger partial charge is 0.493 e. The summed E-state index contributed by atoms with van der Waals surface area (Å²) in [7, 11) is 0. The smallest absolute Gasteiger partial charge is 0.309 e. The van der Waals surface area contributed by atoms with E-state index < -0.39 is 11.4 Å². The van der Waals surface area contributed by atoms with Crippen LogP contribution in [0.25, 0.3) is 0 Å². The highest BCUT2D eigenvalue weighted by molar-refractivity contribution is 5.74. The molecule has 0 aliphatic carbocycles. The molecule has 1 aliphatic rings. The van der Waals surface area contributed by atoms with E-state index in [1.54, 1.807) is 19.9 Å². The molecule has 4 heteroatoms. The minimum absolute atomic E-state index is 0.182. The molecule has 1 aromatic rings. The molecule has 1 N–H and O–H groups in total. The Morgan fingerprint density at radius 3 is 2.88 bits per heavy atom. The van der Waals surface area contributed by atoms with Gasteiger partial charge < -0.3 is 9.84 Å². The van der Waals surface area contributed by atoms with Crippen molar-refractivity contribution < 1.29 is 19.0 Å². The molecule has 1 heterocycles. The quantitative estimate of drug-likeness (QED) is 0.879. The first-order valence-electron chi connectivity index (χ1n) is 5.57. The molecule has 0 amide bonds. The van der Waals surface area contributed by atoms with Crippen LogP contribution in [0.3, 0.4) is 0 Å². The average molecular weight is 238 g/mol. The summed E-state index contributed by atoms with van der Waals surface area (Å²) in [6.07, 6.45) is 0.942. The van der Waals surface area contributed by atoms with Crippen molar-refractivity contribution in [1.29, 1.82) is 0 Å². The van der Waals surface area contributed by atoms with Gasteiger partial charge in [0.15, 0.2) is 0 Å². The zero-order valence-corrected chi connectivity index (χ0v) is 9.92. The minimum Gasteiger partial charge on any atom is -0.493 e. The maximum Gasteiger partial charge on any atom is 0.309 e. The topological polar surface area (TPSA) is 46.5 Å². The highest BCUT2D eigenvalue weighted by atomic mass is 19.1. The van der Waals surface area contributed by atoms with E-state index in [-0.39, 0.29) is 12.2 Å². The Balaban J connectivity index is 2.31. The molecule has 1 aromatic carbocycles. The monoisotopic (exact) mass is 238 g/mol. The summed E-state index contributed by atoms with van der Waals surface area (Å²) in [5.74, 6) is -0.729. The second-order valence-electron chi connectivity index (χ2n) is 5.02.